The Balaban J connectivity index is 1.67. The number of anilines is 2. The van der Waals surface area contributed by atoms with Gasteiger partial charge in [0.05, 0.1) is 28.8 Å². The molecule has 5 heterocycles. The number of thiophene rings is 1. The molecule has 0 aromatic carbocycles. The summed E-state index contributed by atoms with van der Waals surface area (Å²) in [7, 11) is 0. The summed E-state index contributed by atoms with van der Waals surface area (Å²) in [5, 5.41) is 15.0. The monoisotopic (exact) mass is 391 g/mol. The molecule has 0 atom stereocenters. The Morgan fingerprint density at radius 1 is 1.25 bits per heavy atom. The lowest BCUT2D eigenvalue weighted by Gasteiger charge is -2.16. The summed E-state index contributed by atoms with van der Waals surface area (Å²) in [5.41, 5.74) is 6.22. The third-order valence-corrected chi connectivity index (χ3v) is 6.12. The number of aromatic amines is 1. The van der Waals surface area contributed by atoms with Crippen LogP contribution in [0.25, 0.3) is 22.5 Å². The summed E-state index contributed by atoms with van der Waals surface area (Å²) in [6, 6.07) is 2.16. The molecule has 0 radical (unpaired) electrons. The van der Waals surface area contributed by atoms with Crippen molar-refractivity contribution in [3.63, 3.8) is 0 Å². The van der Waals surface area contributed by atoms with Crippen molar-refractivity contribution in [2.75, 3.05) is 18.4 Å². The minimum Gasteiger partial charge on any atom is -0.329 e. The number of fused-ring (bicyclic) bond motifs is 1. The molecule has 3 N–H and O–H groups in total. The van der Waals surface area contributed by atoms with Gasteiger partial charge in [0.15, 0.2) is 11.5 Å². The van der Waals surface area contributed by atoms with Crippen molar-refractivity contribution in [1.82, 2.24) is 29.9 Å². The van der Waals surface area contributed by atoms with Gasteiger partial charge in [-0.1, -0.05) is 6.08 Å². The van der Waals surface area contributed by atoms with Gasteiger partial charge in [0, 0.05) is 29.4 Å². The molecule has 28 heavy (non-hydrogen) atoms. The molecule has 8 heteroatoms. The van der Waals surface area contributed by atoms with Gasteiger partial charge in [-0.15, -0.1) is 11.3 Å². The predicted molar refractivity (Wildman–Crippen MR) is 113 cm³/mol. The average Bonchev–Trinajstić information content (AvgIpc) is 3.43. The van der Waals surface area contributed by atoms with Crippen LogP contribution in [0.5, 0.6) is 0 Å². The van der Waals surface area contributed by atoms with Crippen LogP contribution in [0.4, 0.5) is 10.8 Å². The van der Waals surface area contributed by atoms with Crippen molar-refractivity contribution in [3.05, 3.63) is 53.1 Å². The molecule has 0 saturated heterocycles. The highest BCUT2D eigenvalue weighted by Crippen LogP contribution is 2.31. The van der Waals surface area contributed by atoms with Crippen LogP contribution >= 0.6 is 11.3 Å². The SMILES string of the molecule is Cc1cc(Nc2nc(C3=CCCNC3)cn3c(-c4cn[nH]c4)cnc23)sc1C. The lowest BCUT2D eigenvalue weighted by atomic mass is 10.1. The number of imidazole rings is 1. The van der Waals surface area contributed by atoms with Gasteiger partial charge in [-0.3, -0.25) is 9.50 Å². The summed E-state index contributed by atoms with van der Waals surface area (Å²) in [4.78, 5) is 10.9. The van der Waals surface area contributed by atoms with Gasteiger partial charge >= 0.3 is 0 Å². The van der Waals surface area contributed by atoms with Gasteiger partial charge in [0.25, 0.3) is 0 Å². The standard InChI is InChI=1S/C20H21N7S/c1-12-6-18(28-13(12)2)26-19-20-22-10-17(15-8-23-24-9-15)27(20)11-16(25-19)14-4-3-5-21-7-14/h4,6,8-11,21H,3,5,7H2,1-2H3,(H,23,24)(H,25,26). The number of nitrogens with zero attached hydrogens (tertiary/aromatic N) is 4. The van der Waals surface area contributed by atoms with E-state index in [1.54, 1.807) is 11.3 Å². The normalized spacial score (nSPS) is 14.4. The maximum atomic E-state index is 4.93. The zero-order valence-corrected chi connectivity index (χ0v) is 16.6. The van der Waals surface area contributed by atoms with Crippen molar-refractivity contribution in [3.8, 4) is 11.3 Å². The Labute approximate surface area is 166 Å². The fraction of sp³-hybridized carbons (Fsp3) is 0.250. The number of H-pyrrole nitrogens is 1. The topological polar surface area (TPSA) is 82.9 Å². The number of hydrogen-bond acceptors (Lipinski definition) is 6. The van der Waals surface area contributed by atoms with Crippen LogP contribution in [0, 0.1) is 13.8 Å². The van der Waals surface area contributed by atoms with Crippen molar-refractivity contribution in [2.24, 2.45) is 0 Å². The summed E-state index contributed by atoms with van der Waals surface area (Å²) >= 11 is 1.73. The van der Waals surface area contributed by atoms with Crippen LogP contribution in [0.2, 0.25) is 0 Å². The molecular weight excluding hydrogens is 370 g/mol. The highest BCUT2D eigenvalue weighted by Gasteiger charge is 2.17. The van der Waals surface area contributed by atoms with E-state index in [0.717, 1.165) is 52.9 Å². The fourth-order valence-corrected chi connectivity index (χ4v) is 4.35. The van der Waals surface area contributed by atoms with Crippen LogP contribution in [-0.4, -0.2) is 37.7 Å². The zero-order valence-electron chi connectivity index (χ0n) is 15.8. The Hall–Kier alpha value is -2.97. The number of aryl methyl sites for hydroxylation is 2. The molecule has 5 rings (SSSR count). The first kappa shape index (κ1) is 17.2. The number of nitrogens with one attached hydrogen (secondary N) is 3. The van der Waals surface area contributed by atoms with Gasteiger partial charge in [-0.05, 0) is 44.0 Å². The average molecular weight is 392 g/mol. The van der Waals surface area contributed by atoms with Gasteiger partial charge in [-0.2, -0.15) is 5.10 Å². The molecule has 0 fully saturated rings. The molecule has 4 aromatic heterocycles. The van der Waals surface area contributed by atoms with Gasteiger partial charge < -0.3 is 10.6 Å². The van der Waals surface area contributed by atoms with Crippen LogP contribution in [-0.2, 0) is 0 Å². The third kappa shape index (κ3) is 3.00. The van der Waals surface area contributed by atoms with E-state index in [-0.39, 0.29) is 0 Å². The number of hydrogen-bond donors (Lipinski definition) is 3. The molecule has 1 aliphatic rings. The van der Waals surface area contributed by atoms with Gasteiger partial charge in [-0.25, -0.2) is 9.97 Å². The molecule has 0 amide bonds. The Morgan fingerprint density at radius 2 is 2.18 bits per heavy atom. The van der Waals surface area contributed by atoms with E-state index in [2.05, 4.69) is 62.4 Å². The zero-order chi connectivity index (χ0) is 19.1. The highest BCUT2D eigenvalue weighted by molar-refractivity contribution is 7.16. The molecule has 0 unspecified atom stereocenters. The minimum absolute atomic E-state index is 0.764. The van der Waals surface area contributed by atoms with E-state index >= 15 is 0 Å². The van der Waals surface area contributed by atoms with E-state index in [1.807, 2.05) is 18.6 Å². The molecule has 0 bridgehead atoms. The largest absolute Gasteiger partial charge is 0.329 e. The van der Waals surface area contributed by atoms with E-state index in [1.165, 1.54) is 16.0 Å². The Kier molecular flexibility index (Phi) is 4.22. The van der Waals surface area contributed by atoms with Crippen molar-refractivity contribution in [1.29, 1.82) is 0 Å². The molecule has 142 valence electrons. The second kappa shape index (κ2) is 6.88. The summed E-state index contributed by atoms with van der Waals surface area (Å²) < 4.78 is 2.10. The summed E-state index contributed by atoms with van der Waals surface area (Å²) in [5.74, 6) is 0.764. The molecule has 0 spiro atoms. The van der Waals surface area contributed by atoms with Crippen molar-refractivity contribution < 1.29 is 0 Å². The molecular formula is C20H21N7S. The molecule has 1 aliphatic heterocycles. The van der Waals surface area contributed by atoms with E-state index in [9.17, 15) is 0 Å². The summed E-state index contributed by atoms with van der Waals surface area (Å²) in [6.07, 6.45) is 10.9. The first-order valence-corrected chi connectivity index (χ1v) is 10.1. The van der Waals surface area contributed by atoms with Crippen LogP contribution in [0.3, 0.4) is 0 Å². The number of rotatable bonds is 4. The first-order chi connectivity index (χ1) is 13.7. The van der Waals surface area contributed by atoms with Crippen molar-refractivity contribution >= 4 is 33.4 Å². The number of aromatic nitrogens is 5. The lowest BCUT2D eigenvalue weighted by molar-refractivity contribution is 0.737. The van der Waals surface area contributed by atoms with Crippen molar-refractivity contribution in [2.45, 2.75) is 20.3 Å². The molecule has 7 nitrogen and oxygen atoms in total. The fourth-order valence-electron chi connectivity index (χ4n) is 3.42. The molecule has 4 aromatic rings. The molecule has 0 aliphatic carbocycles. The van der Waals surface area contributed by atoms with Crippen LogP contribution in [0.15, 0.2) is 36.9 Å². The van der Waals surface area contributed by atoms with E-state index in [4.69, 9.17) is 4.98 Å². The Morgan fingerprint density at radius 3 is 2.89 bits per heavy atom. The minimum atomic E-state index is 0.764. The van der Waals surface area contributed by atoms with E-state index < -0.39 is 0 Å². The second-order valence-corrected chi connectivity index (χ2v) is 8.22. The van der Waals surface area contributed by atoms with Crippen LogP contribution < -0.4 is 10.6 Å². The second-order valence-electron chi connectivity index (χ2n) is 6.97. The maximum absolute atomic E-state index is 4.93. The Bertz CT molecular complexity index is 1150. The maximum Gasteiger partial charge on any atom is 0.181 e. The summed E-state index contributed by atoms with van der Waals surface area (Å²) in [6.45, 7) is 6.10. The van der Waals surface area contributed by atoms with Gasteiger partial charge in [0.2, 0.25) is 0 Å². The highest BCUT2D eigenvalue weighted by atomic mass is 32.1. The van der Waals surface area contributed by atoms with E-state index in [0.29, 0.717) is 0 Å². The first-order valence-electron chi connectivity index (χ1n) is 9.30. The third-order valence-electron chi connectivity index (χ3n) is 5.05. The van der Waals surface area contributed by atoms with Gasteiger partial charge in [0.1, 0.15) is 0 Å². The molecule has 0 saturated carbocycles. The lowest BCUT2D eigenvalue weighted by Crippen LogP contribution is -2.22. The quantitative estimate of drug-likeness (QED) is 0.491. The predicted octanol–water partition coefficient (Wildman–Crippen LogP) is 3.92. The smallest absolute Gasteiger partial charge is 0.181 e. The van der Waals surface area contributed by atoms with Crippen LogP contribution in [0.1, 0.15) is 22.6 Å².